The predicted octanol–water partition coefficient (Wildman–Crippen LogP) is 0.683. The van der Waals surface area contributed by atoms with Crippen LogP contribution in [0.1, 0.15) is 30.5 Å². The van der Waals surface area contributed by atoms with Gasteiger partial charge in [-0.05, 0) is 19.9 Å². The molecule has 1 aromatic heterocycles. The molecule has 0 amide bonds. The van der Waals surface area contributed by atoms with E-state index in [4.69, 9.17) is 9.26 Å². The van der Waals surface area contributed by atoms with Crippen LogP contribution in [0, 0.1) is 0 Å². The third-order valence-corrected chi connectivity index (χ3v) is 2.34. The molecule has 2 rings (SSSR count). The van der Waals surface area contributed by atoms with Crippen LogP contribution in [-0.2, 0) is 11.3 Å². The molecule has 1 fully saturated rings. The molecule has 0 bridgehead atoms. The molecule has 1 aliphatic heterocycles. The first kappa shape index (κ1) is 9.61. The second-order valence-electron chi connectivity index (χ2n) is 3.49. The first-order valence-corrected chi connectivity index (χ1v) is 4.95. The van der Waals surface area contributed by atoms with E-state index in [9.17, 15) is 0 Å². The van der Waals surface area contributed by atoms with Crippen LogP contribution < -0.4 is 5.32 Å². The number of nitrogens with zero attached hydrogens (tertiary/aromatic N) is 2. The van der Waals surface area contributed by atoms with Gasteiger partial charge in [0.1, 0.15) is 0 Å². The smallest absolute Gasteiger partial charge is 0.240 e. The Morgan fingerprint density at radius 1 is 1.57 bits per heavy atom. The van der Waals surface area contributed by atoms with Crippen molar-refractivity contribution in [2.45, 2.75) is 25.3 Å². The average Bonchev–Trinajstić information content (AvgIpc) is 2.68. The molecule has 5 heteroatoms. The number of hydrogen-bond acceptors (Lipinski definition) is 5. The van der Waals surface area contributed by atoms with Crippen molar-refractivity contribution in [1.29, 1.82) is 0 Å². The summed E-state index contributed by atoms with van der Waals surface area (Å²) in [5.74, 6) is 1.75. The second-order valence-corrected chi connectivity index (χ2v) is 3.49. The Bertz CT molecular complexity index is 281. The van der Waals surface area contributed by atoms with Gasteiger partial charge in [0.15, 0.2) is 5.82 Å². The lowest BCUT2D eigenvalue weighted by Crippen LogP contribution is -2.16. The zero-order chi connectivity index (χ0) is 9.80. The average molecular weight is 197 g/mol. The number of aromatic nitrogens is 2. The molecule has 0 spiro atoms. The zero-order valence-corrected chi connectivity index (χ0v) is 8.32. The van der Waals surface area contributed by atoms with Gasteiger partial charge in [-0.2, -0.15) is 4.98 Å². The summed E-state index contributed by atoms with van der Waals surface area (Å²) >= 11 is 0. The number of rotatable bonds is 3. The van der Waals surface area contributed by atoms with Crippen LogP contribution >= 0.6 is 0 Å². The first-order chi connectivity index (χ1) is 6.90. The maximum Gasteiger partial charge on any atom is 0.240 e. The van der Waals surface area contributed by atoms with Gasteiger partial charge in [0.2, 0.25) is 5.89 Å². The van der Waals surface area contributed by atoms with Gasteiger partial charge in [-0.1, -0.05) is 5.16 Å². The van der Waals surface area contributed by atoms with Crippen LogP contribution in [-0.4, -0.2) is 30.4 Å². The molecule has 78 valence electrons. The maximum absolute atomic E-state index is 5.37. The minimum absolute atomic E-state index is 0.318. The summed E-state index contributed by atoms with van der Waals surface area (Å²) in [5, 5.41) is 6.93. The van der Waals surface area contributed by atoms with Crippen molar-refractivity contribution in [3.05, 3.63) is 11.7 Å². The largest absolute Gasteiger partial charge is 0.381 e. The Balaban J connectivity index is 2.00. The van der Waals surface area contributed by atoms with Crippen molar-refractivity contribution in [2.75, 3.05) is 20.3 Å². The monoisotopic (exact) mass is 197 g/mol. The van der Waals surface area contributed by atoms with Crippen molar-refractivity contribution >= 4 is 0 Å². The Morgan fingerprint density at radius 2 is 2.50 bits per heavy atom. The Morgan fingerprint density at radius 3 is 3.21 bits per heavy atom. The molecule has 14 heavy (non-hydrogen) atoms. The van der Waals surface area contributed by atoms with Crippen molar-refractivity contribution in [1.82, 2.24) is 15.5 Å². The number of hydrogen-bond donors (Lipinski definition) is 1. The van der Waals surface area contributed by atoms with E-state index in [-0.39, 0.29) is 0 Å². The van der Waals surface area contributed by atoms with Gasteiger partial charge in [0.05, 0.1) is 13.2 Å². The van der Waals surface area contributed by atoms with Crippen molar-refractivity contribution in [3.8, 4) is 0 Å². The Hall–Kier alpha value is -0.940. The lowest BCUT2D eigenvalue weighted by atomic mass is 10.0. The third kappa shape index (κ3) is 2.10. The summed E-state index contributed by atoms with van der Waals surface area (Å²) in [6.45, 7) is 2.21. The standard InChI is InChI=1S/C9H15N3O2/c1-10-5-8-11-9(12-14-8)7-3-2-4-13-6-7/h7,10H,2-6H2,1H3. The van der Waals surface area contributed by atoms with Crippen molar-refractivity contribution < 1.29 is 9.26 Å². The molecule has 1 aliphatic rings. The molecular weight excluding hydrogens is 182 g/mol. The highest BCUT2D eigenvalue weighted by Gasteiger charge is 2.21. The fourth-order valence-corrected chi connectivity index (χ4v) is 1.60. The second kappa shape index (κ2) is 4.52. The Labute approximate surface area is 82.8 Å². The molecule has 0 aromatic carbocycles. The molecular formula is C9H15N3O2. The summed E-state index contributed by atoms with van der Waals surface area (Å²) in [6.07, 6.45) is 2.18. The molecule has 1 saturated heterocycles. The van der Waals surface area contributed by atoms with Gasteiger partial charge < -0.3 is 14.6 Å². The zero-order valence-electron chi connectivity index (χ0n) is 8.32. The summed E-state index contributed by atoms with van der Waals surface area (Å²) in [7, 11) is 1.85. The van der Waals surface area contributed by atoms with Crippen LogP contribution in [0.5, 0.6) is 0 Å². The molecule has 0 radical (unpaired) electrons. The summed E-state index contributed by atoms with van der Waals surface area (Å²) < 4.78 is 10.4. The molecule has 2 heterocycles. The predicted molar refractivity (Wildman–Crippen MR) is 49.9 cm³/mol. The van der Waals surface area contributed by atoms with Gasteiger partial charge in [-0.3, -0.25) is 0 Å². The number of nitrogens with one attached hydrogen (secondary N) is 1. The molecule has 1 unspecified atom stereocenters. The van der Waals surface area contributed by atoms with Gasteiger partial charge in [-0.15, -0.1) is 0 Å². The lowest BCUT2D eigenvalue weighted by Gasteiger charge is -2.18. The van der Waals surface area contributed by atoms with E-state index >= 15 is 0 Å². The van der Waals surface area contributed by atoms with Gasteiger partial charge in [-0.25, -0.2) is 0 Å². The summed E-state index contributed by atoms with van der Waals surface area (Å²) in [5.41, 5.74) is 0. The first-order valence-electron chi connectivity index (χ1n) is 4.95. The fraction of sp³-hybridized carbons (Fsp3) is 0.778. The summed E-state index contributed by atoms with van der Waals surface area (Å²) in [6, 6.07) is 0. The van der Waals surface area contributed by atoms with Crippen molar-refractivity contribution in [2.24, 2.45) is 0 Å². The van der Waals surface area contributed by atoms with Crippen LogP contribution in [0.3, 0.4) is 0 Å². The lowest BCUT2D eigenvalue weighted by molar-refractivity contribution is 0.0773. The molecule has 1 atom stereocenters. The molecule has 0 saturated carbocycles. The minimum Gasteiger partial charge on any atom is -0.381 e. The Kier molecular flexibility index (Phi) is 3.10. The highest BCUT2D eigenvalue weighted by molar-refractivity contribution is 4.96. The molecule has 0 aliphatic carbocycles. The quantitative estimate of drug-likeness (QED) is 0.772. The highest BCUT2D eigenvalue weighted by Crippen LogP contribution is 2.22. The van der Waals surface area contributed by atoms with Gasteiger partial charge >= 0.3 is 0 Å². The van der Waals surface area contributed by atoms with E-state index in [0.29, 0.717) is 18.4 Å². The van der Waals surface area contributed by atoms with E-state index in [1.165, 1.54) is 0 Å². The minimum atomic E-state index is 0.318. The maximum atomic E-state index is 5.37. The van der Waals surface area contributed by atoms with Crippen molar-refractivity contribution in [3.63, 3.8) is 0 Å². The van der Waals surface area contributed by atoms with Crippen LogP contribution in [0.25, 0.3) is 0 Å². The molecule has 1 N–H and O–H groups in total. The number of ether oxygens (including phenoxy) is 1. The topological polar surface area (TPSA) is 60.2 Å². The van der Waals surface area contributed by atoms with E-state index in [2.05, 4.69) is 15.5 Å². The van der Waals surface area contributed by atoms with Gasteiger partial charge in [0.25, 0.3) is 0 Å². The molecule has 1 aromatic rings. The van der Waals surface area contributed by atoms with Crippen LogP contribution in [0.15, 0.2) is 4.52 Å². The third-order valence-electron chi connectivity index (χ3n) is 2.34. The van der Waals surface area contributed by atoms with E-state index < -0.39 is 0 Å². The summed E-state index contributed by atoms with van der Waals surface area (Å²) in [4.78, 5) is 4.30. The van der Waals surface area contributed by atoms with E-state index in [0.717, 1.165) is 31.9 Å². The fourth-order valence-electron chi connectivity index (χ4n) is 1.60. The van der Waals surface area contributed by atoms with Crippen LogP contribution in [0.4, 0.5) is 0 Å². The SMILES string of the molecule is CNCc1nc(C2CCCOC2)no1. The van der Waals surface area contributed by atoms with Crippen LogP contribution in [0.2, 0.25) is 0 Å². The highest BCUT2D eigenvalue weighted by atomic mass is 16.5. The van der Waals surface area contributed by atoms with E-state index in [1.807, 2.05) is 7.05 Å². The molecule has 5 nitrogen and oxygen atoms in total. The van der Waals surface area contributed by atoms with Gasteiger partial charge in [0, 0.05) is 12.5 Å². The normalized spacial score (nSPS) is 22.5. The van der Waals surface area contributed by atoms with E-state index in [1.54, 1.807) is 0 Å².